The quantitative estimate of drug-likeness (QED) is 0.833. The van der Waals surface area contributed by atoms with Crippen LogP contribution in [-0.4, -0.2) is 10.1 Å². The number of anilines is 1. The molecule has 92 valence electrons. The van der Waals surface area contributed by atoms with Gasteiger partial charge in [0.2, 0.25) is 0 Å². The number of rotatable bonds is 3. The topological polar surface area (TPSA) is 37.0 Å². The van der Waals surface area contributed by atoms with Crippen molar-refractivity contribution in [2.75, 3.05) is 5.32 Å². The van der Waals surface area contributed by atoms with Gasteiger partial charge in [-0.1, -0.05) is 6.07 Å². The Morgan fingerprint density at radius 1 is 1.22 bits per heavy atom. The van der Waals surface area contributed by atoms with Gasteiger partial charge in [0.15, 0.2) is 5.11 Å². The van der Waals surface area contributed by atoms with Crippen LogP contribution in [0.3, 0.4) is 0 Å². The van der Waals surface area contributed by atoms with Crippen molar-refractivity contribution in [2.45, 2.75) is 6.54 Å². The van der Waals surface area contributed by atoms with E-state index in [2.05, 4.69) is 15.6 Å². The number of thiocarbonyl (C=S) groups is 1. The fourth-order valence-electron chi connectivity index (χ4n) is 1.42. The molecule has 0 unspecified atom stereocenters. The Bertz CT molecular complexity index is 531. The molecular formula is C13H12FN3S. The molecule has 0 fully saturated rings. The number of hydrogen-bond acceptors (Lipinski definition) is 2. The Hall–Kier alpha value is -2.01. The van der Waals surface area contributed by atoms with Gasteiger partial charge in [-0.05, 0) is 48.1 Å². The lowest BCUT2D eigenvalue weighted by Gasteiger charge is -2.10. The van der Waals surface area contributed by atoms with Crippen LogP contribution in [0.25, 0.3) is 0 Å². The highest BCUT2D eigenvalue weighted by atomic mass is 32.1. The third kappa shape index (κ3) is 3.78. The minimum atomic E-state index is -0.295. The lowest BCUT2D eigenvalue weighted by molar-refractivity contribution is 0.628. The summed E-state index contributed by atoms with van der Waals surface area (Å²) in [7, 11) is 0. The standard InChI is InChI=1S/C13H12FN3S/c14-11-2-1-3-12(8-11)17-13(18)16-9-10-4-6-15-7-5-10/h1-8H,9H2,(H2,16,17,18). The van der Waals surface area contributed by atoms with Crippen molar-refractivity contribution in [2.24, 2.45) is 0 Å². The molecule has 0 saturated carbocycles. The smallest absolute Gasteiger partial charge is 0.171 e. The molecule has 5 heteroatoms. The van der Waals surface area contributed by atoms with Crippen LogP contribution in [0.2, 0.25) is 0 Å². The molecule has 0 amide bonds. The predicted octanol–water partition coefficient (Wildman–Crippen LogP) is 2.71. The van der Waals surface area contributed by atoms with Crippen molar-refractivity contribution in [3.63, 3.8) is 0 Å². The highest BCUT2D eigenvalue weighted by Gasteiger charge is 1.99. The summed E-state index contributed by atoms with van der Waals surface area (Å²) in [5.74, 6) is -0.295. The van der Waals surface area contributed by atoms with Gasteiger partial charge >= 0.3 is 0 Å². The number of aromatic nitrogens is 1. The average molecular weight is 261 g/mol. The average Bonchev–Trinajstić information content (AvgIpc) is 2.38. The first-order valence-electron chi connectivity index (χ1n) is 5.43. The molecule has 2 rings (SSSR count). The molecule has 0 saturated heterocycles. The summed E-state index contributed by atoms with van der Waals surface area (Å²) in [5, 5.41) is 6.41. The molecule has 1 aromatic heterocycles. The largest absolute Gasteiger partial charge is 0.358 e. The van der Waals surface area contributed by atoms with Crippen molar-refractivity contribution < 1.29 is 4.39 Å². The molecule has 0 aliphatic carbocycles. The fraction of sp³-hybridized carbons (Fsp3) is 0.0769. The van der Waals surface area contributed by atoms with Gasteiger partial charge in [0.1, 0.15) is 5.82 Å². The minimum absolute atomic E-state index is 0.295. The van der Waals surface area contributed by atoms with E-state index in [1.165, 1.54) is 12.1 Å². The van der Waals surface area contributed by atoms with Crippen LogP contribution in [0.15, 0.2) is 48.8 Å². The molecule has 2 N–H and O–H groups in total. The first kappa shape index (κ1) is 12.4. The summed E-state index contributed by atoms with van der Waals surface area (Å²) in [6.45, 7) is 0.601. The zero-order valence-corrected chi connectivity index (χ0v) is 10.4. The van der Waals surface area contributed by atoms with E-state index in [4.69, 9.17) is 12.2 Å². The van der Waals surface area contributed by atoms with E-state index in [0.29, 0.717) is 17.3 Å². The number of benzene rings is 1. The van der Waals surface area contributed by atoms with Gasteiger partial charge in [-0.25, -0.2) is 4.39 Å². The fourth-order valence-corrected chi connectivity index (χ4v) is 1.61. The molecule has 1 heterocycles. The van der Waals surface area contributed by atoms with Crippen LogP contribution in [-0.2, 0) is 6.54 Å². The second-order valence-electron chi connectivity index (χ2n) is 3.67. The maximum Gasteiger partial charge on any atom is 0.171 e. The molecule has 0 atom stereocenters. The highest BCUT2D eigenvalue weighted by Crippen LogP contribution is 2.08. The summed E-state index contributed by atoms with van der Waals surface area (Å²) in [4.78, 5) is 3.93. The van der Waals surface area contributed by atoms with E-state index in [1.807, 2.05) is 12.1 Å². The highest BCUT2D eigenvalue weighted by molar-refractivity contribution is 7.80. The molecule has 2 aromatic rings. The third-order valence-electron chi connectivity index (χ3n) is 2.28. The maximum atomic E-state index is 13.0. The first-order chi connectivity index (χ1) is 8.74. The van der Waals surface area contributed by atoms with E-state index in [1.54, 1.807) is 24.5 Å². The summed E-state index contributed by atoms with van der Waals surface area (Å²) in [6.07, 6.45) is 3.44. The lowest BCUT2D eigenvalue weighted by atomic mass is 10.3. The normalized spacial score (nSPS) is 9.83. The second kappa shape index (κ2) is 6.07. The Labute approximate surface area is 110 Å². The van der Waals surface area contributed by atoms with E-state index in [9.17, 15) is 4.39 Å². The van der Waals surface area contributed by atoms with Gasteiger partial charge in [-0.15, -0.1) is 0 Å². The molecular weight excluding hydrogens is 249 g/mol. The molecule has 0 spiro atoms. The van der Waals surface area contributed by atoms with Gasteiger partial charge in [0, 0.05) is 24.6 Å². The van der Waals surface area contributed by atoms with Crippen molar-refractivity contribution in [3.8, 4) is 0 Å². The molecule has 0 radical (unpaired) electrons. The van der Waals surface area contributed by atoms with Gasteiger partial charge in [0.25, 0.3) is 0 Å². The van der Waals surface area contributed by atoms with Crippen LogP contribution in [0, 0.1) is 5.82 Å². The lowest BCUT2D eigenvalue weighted by Crippen LogP contribution is -2.27. The van der Waals surface area contributed by atoms with Crippen LogP contribution in [0.5, 0.6) is 0 Å². The minimum Gasteiger partial charge on any atom is -0.358 e. The maximum absolute atomic E-state index is 13.0. The SMILES string of the molecule is Fc1cccc(NC(=S)NCc2ccncc2)c1. The third-order valence-corrected chi connectivity index (χ3v) is 2.53. The zero-order valence-electron chi connectivity index (χ0n) is 9.56. The predicted molar refractivity (Wildman–Crippen MR) is 73.7 cm³/mol. The number of halogens is 1. The van der Waals surface area contributed by atoms with Crippen molar-refractivity contribution >= 4 is 23.0 Å². The summed E-state index contributed by atoms with van der Waals surface area (Å²) in [5.41, 5.74) is 1.70. The zero-order chi connectivity index (χ0) is 12.8. The number of nitrogens with one attached hydrogen (secondary N) is 2. The summed E-state index contributed by atoms with van der Waals surface area (Å²) in [6, 6.07) is 9.96. The second-order valence-corrected chi connectivity index (χ2v) is 4.08. The van der Waals surface area contributed by atoms with Gasteiger partial charge < -0.3 is 10.6 Å². The van der Waals surface area contributed by atoms with Crippen LogP contribution in [0.1, 0.15) is 5.56 Å². The van der Waals surface area contributed by atoms with E-state index in [-0.39, 0.29) is 5.82 Å². The van der Waals surface area contributed by atoms with Gasteiger partial charge in [-0.2, -0.15) is 0 Å². The Kier molecular flexibility index (Phi) is 4.20. The monoisotopic (exact) mass is 261 g/mol. The van der Waals surface area contributed by atoms with E-state index < -0.39 is 0 Å². The van der Waals surface area contributed by atoms with Crippen molar-refractivity contribution in [3.05, 3.63) is 60.2 Å². The van der Waals surface area contributed by atoms with Crippen LogP contribution in [0.4, 0.5) is 10.1 Å². The molecule has 3 nitrogen and oxygen atoms in total. The summed E-state index contributed by atoms with van der Waals surface area (Å²) < 4.78 is 13.0. The van der Waals surface area contributed by atoms with E-state index in [0.717, 1.165) is 5.56 Å². The molecule has 0 bridgehead atoms. The van der Waals surface area contributed by atoms with Gasteiger partial charge in [-0.3, -0.25) is 4.98 Å². The number of pyridine rings is 1. The van der Waals surface area contributed by atoms with Gasteiger partial charge in [0.05, 0.1) is 0 Å². The number of nitrogens with zero attached hydrogens (tertiary/aromatic N) is 1. The Morgan fingerprint density at radius 2 is 2.00 bits per heavy atom. The van der Waals surface area contributed by atoms with Crippen LogP contribution >= 0.6 is 12.2 Å². The Morgan fingerprint density at radius 3 is 2.72 bits per heavy atom. The number of hydrogen-bond donors (Lipinski definition) is 2. The van der Waals surface area contributed by atoms with Crippen LogP contribution < -0.4 is 10.6 Å². The summed E-state index contributed by atoms with van der Waals surface area (Å²) >= 11 is 5.12. The molecule has 0 aliphatic rings. The van der Waals surface area contributed by atoms with Crippen molar-refractivity contribution in [1.82, 2.24) is 10.3 Å². The Balaban J connectivity index is 1.86. The molecule has 1 aromatic carbocycles. The first-order valence-corrected chi connectivity index (χ1v) is 5.84. The van der Waals surface area contributed by atoms with Crippen molar-refractivity contribution in [1.29, 1.82) is 0 Å². The molecule has 18 heavy (non-hydrogen) atoms. The van der Waals surface area contributed by atoms with E-state index >= 15 is 0 Å². The molecule has 0 aliphatic heterocycles.